The monoisotopic (exact) mass is 484 g/mol. The first-order valence-corrected chi connectivity index (χ1v) is 13.6. The largest absolute Gasteiger partial charge is 0.497 e. The molecule has 3 aromatic rings. The molecule has 1 aliphatic heterocycles. The van der Waals surface area contributed by atoms with Gasteiger partial charge in [0.2, 0.25) is 0 Å². The number of hydrogen-bond donors (Lipinski definition) is 1. The highest BCUT2D eigenvalue weighted by Gasteiger charge is 2.35. The summed E-state index contributed by atoms with van der Waals surface area (Å²) < 4.78 is 7.74. The van der Waals surface area contributed by atoms with Crippen LogP contribution in [0.5, 0.6) is 5.75 Å². The summed E-state index contributed by atoms with van der Waals surface area (Å²) in [6.45, 7) is 2.20. The number of fused-ring (bicyclic) bond motifs is 3. The first-order valence-electron chi connectivity index (χ1n) is 13.6. The minimum atomic E-state index is -0.0592. The topological polar surface area (TPSA) is 58.9 Å². The van der Waals surface area contributed by atoms with E-state index in [4.69, 9.17) is 4.74 Å². The maximum atomic E-state index is 12.8. The van der Waals surface area contributed by atoms with E-state index < -0.39 is 0 Å². The molecule has 0 spiro atoms. The molecular weight excluding hydrogens is 448 g/mol. The SMILES string of the molecule is COc1ccc(/C=N/NC(=O)CN2CCn3c4c(c5cc(C6CCCCC6)ccc53)CCCC42)cc1. The molecule has 1 aromatic heterocycles. The summed E-state index contributed by atoms with van der Waals surface area (Å²) in [6.07, 6.45) is 11.9. The van der Waals surface area contributed by atoms with Gasteiger partial charge in [-0.05, 0) is 91.1 Å². The molecule has 6 nitrogen and oxygen atoms in total. The quantitative estimate of drug-likeness (QED) is 0.369. The number of aryl methyl sites for hydroxylation is 1. The van der Waals surface area contributed by atoms with Crippen molar-refractivity contribution in [3.8, 4) is 5.75 Å². The predicted octanol–water partition coefficient (Wildman–Crippen LogP) is 5.54. The van der Waals surface area contributed by atoms with Crippen LogP contribution in [-0.4, -0.2) is 41.8 Å². The number of amides is 1. The molecule has 6 rings (SSSR count). The summed E-state index contributed by atoms with van der Waals surface area (Å²) in [5, 5.41) is 5.65. The van der Waals surface area contributed by atoms with E-state index in [9.17, 15) is 4.79 Å². The van der Waals surface area contributed by atoms with Gasteiger partial charge in [0.05, 0.1) is 25.9 Å². The van der Waals surface area contributed by atoms with Crippen LogP contribution >= 0.6 is 0 Å². The molecule has 36 heavy (non-hydrogen) atoms. The third kappa shape index (κ3) is 4.43. The van der Waals surface area contributed by atoms with Crippen molar-refractivity contribution >= 4 is 23.0 Å². The van der Waals surface area contributed by atoms with Gasteiger partial charge in [-0.2, -0.15) is 5.10 Å². The van der Waals surface area contributed by atoms with E-state index in [0.29, 0.717) is 12.6 Å². The molecule has 0 radical (unpaired) electrons. The van der Waals surface area contributed by atoms with Crippen molar-refractivity contribution in [2.24, 2.45) is 5.10 Å². The van der Waals surface area contributed by atoms with Gasteiger partial charge in [0.1, 0.15) is 5.75 Å². The molecule has 2 aliphatic carbocycles. The second-order valence-electron chi connectivity index (χ2n) is 10.6. The number of carbonyl (C=O) groups excluding carboxylic acids is 1. The second kappa shape index (κ2) is 10.1. The molecule has 0 bridgehead atoms. The fraction of sp³-hybridized carbons (Fsp3) is 0.467. The summed E-state index contributed by atoms with van der Waals surface area (Å²) >= 11 is 0. The zero-order chi connectivity index (χ0) is 24.5. The van der Waals surface area contributed by atoms with Gasteiger partial charge in [-0.3, -0.25) is 9.69 Å². The van der Waals surface area contributed by atoms with Crippen LogP contribution in [0.25, 0.3) is 10.9 Å². The third-order valence-electron chi connectivity index (χ3n) is 8.45. The second-order valence-corrected chi connectivity index (χ2v) is 10.6. The van der Waals surface area contributed by atoms with Crippen LogP contribution < -0.4 is 10.2 Å². The molecule has 1 amide bonds. The van der Waals surface area contributed by atoms with Crippen LogP contribution in [0.1, 0.15) is 79.3 Å². The lowest BCUT2D eigenvalue weighted by Gasteiger charge is -2.39. The smallest absolute Gasteiger partial charge is 0.254 e. The van der Waals surface area contributed by atoms with E-state index in [0.717, 1.165) is 43.2 Å². The highest BCUT2D eigenvalue weighted by molar-refractivity contribution is 5.87. The van der Waals surface area contributed by atoms with Gasteiger partial charge in [0.15, 0.2) is 0 Å². The lowest BCUT2D eigenvalue weighted by atomic mass is 9.83. The highest BCUT2D eigenvalue weighted by Crippen LogP contribution is 2.44. The molecule has 6 heteroatoms. The van der Waals surface area contributed by atoms with Crippen molar-refractivity contribution in [2.45, 2.75) is 69.9 Å². The number of nitrogens with one attached hydrogen (secondary N) is 1. The number of carbonyl (C=O) groups is 1. The molecule has 1 saturated carbocycles. The molecule has 1 unspecified atom stereocenters. The lowest BCUT2D eigenvalue weighted by Crippen LogP contribution is -2.44. The lowest BCUT2D eigenvalue weighted by molar-refractivity contribution is -0.123. The summed E-state index contributed by atoms with van der Waals surface area (Å²) in [6, 6.07) is 15.2. The Bertz CT molecular complexity index is 1270. The van der Waals surface area contributed by atoms with Gasteiger partial charge < -0.3 is 9.30 Å². The number of rotatable bonds is 6. The van der Waals surface area contributed by atoms with Crippen molar-refractivity contribution < 1.29 is 9.53 Å². The number of aromatic nitrogens is 1. The van der Waals surface area contributed by atoms with Crippen LogP contribution in [0.2, 0.25) is 0 Å². The van der Waals surface area contributed by atoms with Gasteiger partial charge in [-0.15, -0.1) is 0 Å². The van der Waals surface area contributed by atoms with E-state index in [-0.39, 0.29) is 5.91 Å². The van der Waals surface area contributed by atoms with E-state index in [1.165, 1.54) is 66.2 Å². The van der Waals surface area contributed by atoms with Gasteiger partial charge in [-0.1, -0.05) is 25.3 Å². The Labute approximate surface area is 213 Å². The minimum absolute atomic E-state index is 0.0592. The summed E-state index contributed by atoms with van der Waals surface area (Å²) in [4.78, 5) is 15.1. The first-order chi connectivity index (χ1) is 17.7. The highest BCUT2D eigenvalue weighted by atomic mass is 16.5. The first kappa shape index (κ1) is 23.3. The van der Waals surface area contributed by atoms with Crippen LogP contribution in [0.4, 0.5) is 0 Å². The average molecular weight is 485 g/mol. The van der Waals surface area contributed by atoms with Crippen molar-refractivity contribution in [1.82, 2.24) is 14.9 Å². The van der Waals surface area contributed by atoms with Gasteiger partial charge in [0, 0.05) is 29.7 Å². The Morgan fingerprint density at radius 1 is 1.06 bits per heavy atom. The molecule has 0 saturated heterocycles. The van der Waals surface area contributed by atoms with Crippen LogP contribution in [0.3, 0.4) is 0 Å². The molecule has 2 heterocycles. The van der Waals surface area contributed by atoms with Gasteiger partial charge in [-0.25, -0.2) is 5.43 Å². The normalized spacial score (nSPS) is 20.5. The van der Waals surface area contributed by atoms with Crippen molar-refractivity contribution in [3.63, 3.8) is 0 Å². The average Bonchev–Trinajstić information content (AvgIpc) is 3.25. The molecule has 188 valence electrons. The van der Waals surface area contributed by atoms with Crippen LogP contribution in [0.15, 0.2) is 47.6 Å². The standard InChI is InChI=1S/C30H36N4O2/c1-36-24-13-10-21(11-14-24)19-31-32-29(35)20-33-16-17-34-27-15-12-23(22-6-3-2-4-7-22)18-26(27)25-8-5-9-28(33)30(25)34/h10-15,18-19,22,28H,2-9,16-17,20H2,1H3,(H,32,35)/b31-19+. The van der Waals surface area contributed by atoms with E-state index in [2.05, 4.69) is 38.2 Å². The molecule has 2 aromatic carbocycles. The van der Waals surface area contributed by atoms with E-state index in [1.54, 1.807) is 13.3 Å². The summed E-state index contributed by atoms with van der Waals surface area (Å²) in [5.41, 5.74) is 9.56. The molecule has 1 N–H and O–H groups in total. The Morgan fingerprint density at radius 2 is 1.89 bits per heavy atom. The maximum Gasteiger partial charge on any atom is 0.254 e. The zero-order valence-electron chi connectivity index (χ0n) is 21.2. The van der Waals surface area contributed by atoms with Gasteiger partial charge in [0.25, 0.3) is 5.91 Å². The number of methoxy groups -OCH3 is 1. The third-order valence-corrected chi connectivity index (χ3v) is 8.45. The molecule has 1 atom stereocenters. The van der Waals surface area contributed by atoms with E-state index >= 15 is 0 Å². The fourth-order valence-electron chi connectivity index (χ4n) is 6.66. The van der Waals surface area contributed by atoms with E-state index in [1.807, 2.05) is 24.3 Å². The number of hydrogen-bond acceptors (Lipinski definition) is 4. The number of benzene rings is 2. The van der Waals surface area contributed by atoms with Gasteiger partial charge >= 0.3 is 0 Å². The molecular formula is C30H36N4O2. The number of ether oxygens (including phenoxy) is 1. The van der Waals surface area contributed by atoms with Crippen molar-refractivity contribution in [2.75, 3.05) is 20.2 Å². The molecule has 1 fully saturated rings. The van der Waals surface area contributed by atoms with Crippen LogP contribution in [0, 0.1) is 0 Å². The Kier molecular flexibility index (Phi) is 6.53. The Morgan fingerprint density at radius 3 is 2.69 bits per heavy atom. The predicted molar refractivity (Wildman–Crippen MR) is 144 cm³/mol. The summed E-state index contributed by atoms with van der Waals surface area (Å²) in [7, 11) is 1.65. The maximum absolute atomic E-state index is 12.8. The Hall–Kier alpha value is -3.12. The van der Waals surface area contributed by atoms with Crippen molar-refractivity contribution in [3.05, 3.63) is 64.8 Å². The zero-order valence-corrected chi connectivity index (χ0v) is 21.2. The number of hydrazone groups is 1. The minimum Gasteiger partial charge on any atom is -0.497 e. The van der Waals surface area contributed by atoms with Crippen LogP contribution in [-0.2, 0) is 17.8 Å². The Balaban J connectivity index is 1.18. The van der Waals surface area contributed by atoms with Crippen molar-refractivity contribution in [1.29, 1.82) is 0 Å². The fourth-order valence-corrected chi connectivity index (χ4v) is 6.66. The summed E-state index contributed by atoms with van der Waals surface area (Å²) in [5.74, 6) is 1.47. The number of nitrogens with zero attached hydrogens (tertiary/aromatic N) is 3. The molecule has 3 aliphatic rings.